The first-order chi connectivity index (χ1) is 8.06. The van der Waals surface area contributed by atoms with Crippen LogP contribution in [0.3, 0.4) is 0 Å². The Balaban J connectivity index is 2.90. The van der Waals surface area contributed by atoms with Crippen LogP contribution in [-0.2, 0) is 11.3 Å². The monoisotopic (exact) mass is 236 g/mol. The Labute approximate surface area is 102 Å². The molecule has 1 unspecified atom stereocenters. The van der Waals surface area contributed by atoms with Crippen molar-refractivity contribution in [2.75, 3.05) is 6.54 Å². The van der Waals surface area contributed by atoms with E-state index in [0.29, 0.717) is 0 Å². The summed E-state index contributed by atoms with van der Waals surface area (Å²) in [5.74, 6) is 0.294. The maximum atomic E-state index is 11.0. The predicted octanol–water partition coefficient (Wildman–Crippen LogP) is 1.36. The van der Waals surface area contributed by atoms with Gasteiger partial charge in [0, 0.05) is 12.1 Å². The first-order valence-corrected chi connectivity index (χ1v) is 5.81. The normalized spacial score (nSPS) is 12.2. The Morgan fingerprint density at radius 2 is 2.24 bits per heavy atom. The summed E-state index contributed by atoms with van der Waals surface area (Å²) >= 11 is 0. The van der Waals surface area contributed by atoms with Gasteiger partial charge in [0.2, 0.25) is 0 Å². The Hall–Kier alpha value is -1.55. The number of primary amides is 1. The molecule has 3 N–H and O–H groups in total. The molecule has 0 aliphatic rings. The molecular formula is C13H20N2O2. The minimum atomic E-state index is -0.614. The minimum absolute atomic E-state index is 0.456. The van der Waals surface area contributed by atoms with Gasteiger partial charge in [-0.1, -0.05) is 25.1 Å². The number of hydrogen-bond acceptors (Lipinski definition) is 3. The highest BCUT2D eigenvalue weighted by Gasteiger charge is 2.14. The number of nitrogens with two attached hydrogens (primary N) is 1. The van der Waals surface area contributed by atoms with Gasteiger partial charge in [0.25, 0.3) is 5.91 Å². The summed E-state index contributed by atoms with van der Waals surface area (Å²) in [6.45, 7) is 7.27. The number of amides is 1. The number of carbonyl (C=O) groups is 1. The van der Waals surface area contributed by atoms with Crippen molar-refractivity contribution in [3.63, 3.8) is 0 Å². The maximum Gasteiger partial charge on any atom is 0.258 e. The van der Waals surface area contributed by atoms with E-state index in [1.54, 1.807) is 6.92 Å². The number of rotatable bonds is 6. The highest BCUT2D eigenvalue weighted by Crippen LogP contribution is 2.24. The molecule has 0 aromatic heterocycles. The van der Waals surface area contributed by atoms with Crippen molar-refractivity contribution < 1.29 is 9.53 Å². The van der Waals surface area contributed by atoms with Crippen molar-refractivity contribution in [1.82, 2.24) is 5.32 Å². The van der Waals surface area contributed by atoms with Crippen LogP contribution < -0.4 is 15.8 Å². The first-order valence-electron chi connectivity index (χ1n) is 5.81. The standard InChI is InChI=1S/C13H20N2O2/c1-4-15-8-11-7-5-6-9(2)12(11)17-10(3)13(14)16/h5-7,10,15H,4,8H2,1-3H3,(H2,14,16). The van der Waals surface area contributed by atoms with E-state index < -0.39 is 12.0 Å². The summed E-state index contributed by atoms with van der Waals surface area (Å²) in [5.41, 5.74) is 7.25. The molecule has 4 nitrogen and oxygen atoms in total. The molecule has 0 saturated carbocycles. The van der Waals surface area contributed by atoms with Crippen molar-refractivity contribution in [2.45, 2.75) is 33.4 Å². The largest absolute Gasteiger partial charge is 0.480 e. The van der Waals surface area contributed by atoms with Gasteiger partial charge in [-0.2, -0.15) is 0 Å². The molecular weight excluding hydrogens is 216 g/mol. The van der Waals surface area contributed by atoms with Crippen LogP contribution in [0.5, 0.6) is 5.75 Å². The van der Waals surface area contributed by atoms with Crippen LogP contribution in [0, 0.1) is 6.92 Å². The van der Waals surface area contributed by atoms with Gasteiger partial charge >= 0.3 is 0 Å². The van der Waals surface area contributed by atoms with Crippen molar-refractivity contribution in [1.29, 1.82) is 0 Å². The Bertz CT molecular complexity index is 391. The van der Waals surface area contributed by atoms with Crippen molar-refractivity contribution in [2.24, 2.45) is 5.73 Å². The summed E-state index contributed by atoms with van der Waals surface area (Å²) in [4.78, 5) is 11.0. The highest BCUT2D eigenvalue weighted by atomic mass is 16.5. The third-order valence-electron chi connectivity index (χ3n) is 2.55. The molecule has 17 heavy (non-hydrogen) atoms. The van der Waals surface area contributed by atoms with Crippen LogP contribution in [0.25, 0.3) is 0 Å². The summed E-state index contributed by atoms with van der Waals surface area (Å²) in [6.07, 6.45) is -0.614. The van der Waals surface area contributed by atoms with E-state index in [-0.39, 0.29) is 0 Å². The van der Waals surface area contributed by atoms with E-state index >= 15 is 0 Å². The summed E-state index contributed by atoms with van der Waals surface area (Å²) in [7, 11) is 0. The third-order valence-corrected chi connectivity index (χ3v) is 2.55. The van der Waals surface area contributed by atoms with Crippen molar-refractivity contribution in [3.05, 3.63) is 29.3 Å². The van der Waals surface area contributed by atoms with E-state index in [0.717, 1.165) is 30.0 Å². The molecule has 1 aromatic carbocycles. The average molecular weight is 236 g/mol. The average Bonchev–Trinajstić information content (AvgIpc) is 2.29. The second-order valence-corrected chi connectivity index (χ2v) is 4.01. The van der Waals surface area contributed by atoms with Gasteiger partial charge in [-0.3, -0.25) is 4.79 Å². The molecule has 0 bridgehead atoms. The lowest BCUT2D eigenvalue weighted by Gasteiger charge is -2.17. The highest BCUT2D eigenvalue weighted by molar-refractivity contribution is 5.78. The molecule has 1 amide bonds. The van der Waals surface area contributed by atoms with E-state index in [4.69, 9.17) is 10.5 Å². The van der Waals surface area contributed by atoms with Gasteiger partial charge in [-0.05, 0) is 26.0 Å². The van der Waals surface area contributed by atoms with Gasteiger partial charge in [0.1, 0.15) is 5.75 Å². The van der Waals surface area contributed by atoms with Crippen molar-refractivity contribution in [3.8, 4) is 5.75 Å². The lowest BCUT2D eigenvalue weighted by atomic mass is 10.1. The van der Waals surface area contributed by atoms with Crippen LogP contribution in [0.4, 0.5) is 0 Å². The Morgan fingerprint density at radius 3 is 2.82 bits per heavy atom. The molecule has 0 radical (unpaired) electrons. The first kappa shape index (κ1) is 13.5. The number of aryl methyl sites for hydroxylation is 1. The number of nitrogens with one attached hydrogen (secondary N) is 1. The number of benzene rings is 1. The van der Waals surface area contributed by atoms with Gasteiger partial charge in [-0.25, -0.2) is 0 Å². The lowest BCUT2D eigenvalue weighted by molar-refractivity contribution is -0.124. The SMILES string of the molecule is CCNCc1cccc(C)c1OC(C)C(N)=O. The molecule has 94 valence electrons. The molecule has 0 aliphatic carbocycles. The maximum absolute atomic E-state index is 11.0. The molecule has 0 fully saturated rings. The van der Waals surface area contributed by atoms with Gasteiger partial charge in [0.15, 0.2) is 6.10 Å². The van der Waals surface area contributed by atoms with Gasteiger partial charge < -0.3 is 15.8 Å². The second-order valence-electron chi connectivity index (χ2n) is 4.01. The zero-order valence-corrected chi connectivity index (χ0v) is 10.6. The van der Waals surface area contributed by atoms with E-state index in [9.17, 15) is 4.79 Å². The number of hydrogen-bond donors (Lipinski definition) is 2. The van der Waals surface area contributed by atoms with Crippen LogP contribution >= 0.6 is 0 Å². The summed E-state index contributed by atoms with van der Waals surface area (Å²) < 4.78 is 5.62. The minimum Gasteiger partial charge on any atom is -0.480 e. The Morgan fingerprint density at radius 1 is 1.53 bits per heavy atom. The van der Waals surface area contributed by atoms with Crippen LogP contribution in [-0.4, -0.2) is 18.6 Å². The molecule has 1 rings (SSSR count). The second kappa shape index (κ2) is 6.25. The summed E-state index contributed by atoms with van der Waals surface area (Å²) in [6, 6.07) is 5.92. The quantitative estimate of drug-likeness (QED) is 0.783. The fourth-order valence-corrected chi connectivity index (χ4v) is 1.52. The number of carbonyl (C=O) groups excluding carboxylic acids is 1. The molecule has 0 aliphatic heterocycles. The molecule has 0 saturated heterocycles. The van der Waals surface area contributed by atoms with Crippen molar-refractivity contribution >= 4 is 5.91 Å². The molecule has 0 heterocycles. The zero-order valence-electron chi connectivity index (χ0n) is 10.6. The molecule has 0 spiro atoms. The molecule has 1 aromatic rings. The zero-order chi connectivity index (χ0) is 12.8. The fourth-order valence-electron chi connectivity index (χ4n) is 1.52. The molecule has 1 atom stereocenters. The number of ether oxygens (including phenoxy) is 1. The van der Waals surface area contributed by atoms with Crippen LogP contribution in [0.2, 0.25) is 0 Å². The molecule has 4 heteroatoms. The van der Waals surface area contributed by atoms with Crippen LogP contribution in [0.1, 0.15) is 25.0 Å². The van der Waals surface area contributed by atoms with E-state index in [1.807, 2.05) is 32.0 Å². The van der Waals surface area contributed by atoms with Crippen LogP contribution in [0.15, 0.2) is 18.2 Å². The van der Waals surface area contributed by atoms with E-state index in [2.05, 4.69) is 5.32 Å². The number of para-hydroxylation sites is 1. The smallest absolute Gasteiger partial charge is 0.258 e. The lowest BCUT2D eigenvalue weighted by Crippen LogP contribution is -2.31. The fraction of sp³-hybridized carbons (Fsp3) is 0.462. The Kier molecular flexibility index (Phi) is 4.97. The predicted molar refractivity (Wildman–Crippen MR) is 67.8 cm³/mol. The van der Waals surface area contributed by atoms with Gasteiger partial charge in [0.05, 0.1) is 0 Å². The summed E-state index contributed by atoms with van der Waals surface area (Å²) in [5, 5.41) is 3.24. The van der Waals surface area contributed by atoms with E-state index in [1.165, 1.54) is 0 Å². The van der Waals surface area contributed by atoms with Gasteiger partial charge in [-0.15, -0.1) is 0 Å². The third kappa shape index (κ3) is 3.75. The topological polar surface area (TPSA) is 64.3 Å².